The molecule has 0 heterocycles. The van der Waals surface area contributed by atoms with E-state index in [0.717, 1.165) is 12.1 Å². The summed E-state index contributed by atoms with van der Waals surface area (Å²) in [5, 5.41) is 2.68. The number of nitrogens with zero attached hydrogens (tertiary/aromatic N) is 1. The fourth-order valence-electron chi connectivity index (χ4n) is 2.27. The van der Waals surface area contributed by atoms with Crippen molar-refractivity contribution >= 4 is 11.6 Å². The van der Waals surface area contributed by atoms with Gasteiger partial charge in [-0.15, -0.1) is 0 Å². The Labute approximate surface area is 124 Å². The maximum Gasteiger partial charge on any atom is 0.253 e. The first-order valence-electron chi connectivity index (χ1n) is 7.02. The second-order valence-electron chi connectivity index (χ2n) is 5.53. The fraction of sp³-hybridized carbons (Fsp3) is 0.533. The Morgan fingerprint density at radius 1 is 1.19 bits per heavy atom. The van der Waals surface area contributed by atoms with Gasteiger partial charge in [0.2, 0.25) is 0 Å². The standard InChI is InChI=1S/C15H23F2N3O/c1-9(2)20(10(3)4)6-5-19-15(21)11-7-12(16)13(17)8-14(11)18/h7-10H,5-6,18H2,1-4H3,(H,19,21). The second kappa shape index (κ2) is 7.36. The zero-order valence-electron chi connectivity index (χ0n) is 12.9. The van der Waals surface area contributed by atoms with E-state index in [9.17, 15) is 13.6 Å². The van der Waals surface area contributed by atoms with Crippen LogP contribution >= 0.6 is 0 Å². The first-order valence-corrected chi connectivity index (χ1v) is 7.02. The minimum absolute atomic E-state index is 0.0467. The third-order valence-corrected chi connectivity index (χ3v) is 3.32. The molecule has 0 aliphatic carbocycles. The molecule has 4 nitrogen and oxygen atoms in total. The number of carbonyl (C=O) groups excluding carboxylic acids is 1. The Kier molecular flexibility index (Phi) is 6.08. The van der Waals surface area contributed by atoms with Crippen LogP contribution in [-0.4, -0.2) is 36.0 Å². The number of hydrogen-bond acceptors (Lipinski definition) is 3. The highest BCUT2D eigenvalue weighted by atomic mass is 19.2. The first kappa shape index (κ1) is 17.4. The zero-order valence-corrected chi connectivity index (χ0v) is 12.9. The van der Waals surface area contributed by atoms with Crippen molar-refractivity contribution in [1.29, 1.82) is 0 Å². The summed E-state index contributed by atoms with van der Waals surface area (Å²) in [6.45, 7) is 9.40. The number of benzene rings is 1. The van der Waals surface area contributed by atoms with Gasteiger partial charge in [-0.25, -0.2) is 8.78 Å². The smallest absolute Gasteiger partial charge is 0.253 e. The lowest BCUT2D eigenvalue weighted by Gasteiger charge is -2.30. The van der Waals surface area contributed by atoms with Crippen LogP contribution in [0.3, 0.4) is 0 Å². The predicted octanol–water partition coefficient (Wildman–Crippen LogP) is 2.40. The molecule has 1 aromatic carbocycles. The van der Waals surface area contributed by atoms with Gasteiger partial charge in [-0.1, -0.05) is 0 Å². The molecule has 0 fully saturated rings. The van der Waals surface area contributed by atoms with Gasteiger partial charge in [-0.2, -0.15) is 0 Å². The summed E-state index contributed by atoms with van der Waals surface area (Å²) in [7, 11) is 0. The third-order valence-electron chi connectivity index (χ3n) is 3.32. The molecule has 0 bridgehead atoms. The summed E-state index contributed by atoms with van der Waals surface area (Å²) in [5.74, 6) is -2.64. The average molecular weight is 299 g/mol. The van der Waals surface area contributed by atoms with Crippen LogP contribution in [0.15, 0.2) is 12.1 Å². The molecular weight excluding hydrogens is 276 g/mol. The quantitative estimate of drug-likeness (QED) is 0.793. The van der Waals surface area contributed by atoms with Crippen molar-refractivity contribution in [3.63, 3.8) is 0 Å². The molecule has 21 heavy (non-hydrogen) atoms. The highest BCUT2D eigenvalue weighted by Gasteiger charge is 2.16. The van der Waals surface area contributed by atoms with Crippen LogP contribution in [0.25, 0.3) is 0 Å². The molecular formula is C15H23F2N3O. The van der Waals surface area contributed by atoms with Crippen molar-refractivity contribution < 1.29 is 13.6 Å². The van der Waals surface area contributed by atoms with E-state index in [0.29, 0.717) is 25.2 Å². The maximum absolute atomic E-state index is 13.2. The lowest BCUT2D eigenvalue weighted by molar-refractivity contribution is 0.0939. The van der Waals surface area contributed by atoms with Gasteiger partial charge in [0.25, 0.3) is 5.91 Å². The van der Waals surface area contributed by atoms with Crippen LogP contribution in [0.2, 0.25) is 0 Å². The summed E-state index contributed by atoms with van der Waals surface area (Å²) < 4.78 is 26.1. The highest BCUT2D eigenvalue weighted by molar-refractivity contribution is 5.99. The number of nitrogen functional groups attached to an aromatic ring is 1. The summed E-state index contributed by atoms with van der Waals surface area (Å²) in [5.41, 5.74) is 5.42. The molecule has 1 rings (SSSR count). The van der Waals surface area contributed by atoms with Gasteiger partial charge in [-0.3, -0.25) is 9.69 Å². The molecule has 0 aliphatic rings. The van der Waals surface area contributed by atoms with Gasteiger partial charge in [0.05, 0.1) is 5.56 Å². The van der Waals surface area contributed by atoms with Crippen LogP contribution in [0.4, 0.5) is 14.5 Å². The van der Waals surface area contributed by atoms with Crippen LogP contribution < -0.4 is 11.1 Å². The SMILES string of the molecule is CC(C)N(CCNC(=O)c1cc(F)c(F)cc1N)C(C)C. The van der Waals surface area contributed by atoms with Crippen LogP contribution in [0.5, 0.6) is 0 Å². The third kappa shape index (κ3) is 4.67. The molecule has 6 heteroatoms. The first-order chi connectivity index (χ1) is 9.73. The molecule has 1 aromatic rings. The molecule has 0 spiro atoms. The van der Waals surface area contributed by atoms with Gasteiger partial charge < -0.3 is 11.1 Å². The predicted molar refractivity (Wildman–Crippen MR) is 80.1 cm³/mol. The molecule has 0 radical (unpaired) electrons. The van der Waals surface area contributed by atoms with E-state index in [2.05, 4.69) is 37.9 Å². The number of hydrogen-bond donors (Lipinski definition) is 2. The van der Waals surface area contributed by atoms with Crippen molar-refractivity contribution in [1.82, 2.24) is 10.2 Å². The van der Waals surface area contributed by atoms with Crippen LogP contribution in [-0.2, 0) is 0 Å². The van der Waals surface area contributed by atoms with Crippen molar-refractivity contribution in [3.05, 3.63) is 29.3 Å². The molecule has 0 saturated heterocycles. The lowest BCUT2D eigenvalue weighted by atomic mass is 10.1. The Morgan fingerprint density at radius 2 is 1.71 bits per heavy atom. The summed E-state index contributed by atoms with van der Waals surface area (Å²) in [6, 6.07) is 2.35. The van der Waals surface area contributed by atoms with Crippen LogP contribution in [0.1, 0.15) is 38.1 Å². The molecule has 118 valence electrons. The summed E-state index contributed by atoms with van der Waals surface area (Å²) in [6.07, 6.45) is 0. The number of anilines is 1. The number of halogens is 2. The maximum atomic E-state index is 13.2. The molecule has 0 aromatic heterocycles. The van der Waals surface area contributed by atoms with Gasteiger partial charge in [-0.05, 0) is 33.8 Å². The van der Waals surface area contributed by atoms with E-state index >= 15 is 0 Å². The number of amides is 1. The largest absolute Gasteiger partial charge is 0.398 e. The van der Waals surface area contributed by atoms with E-state index in [4.69, 9.17) is 5.73 Å². The highest BCUT2D eigenvalue weighted by Crippen LogP contribution is 2.16. The van der Waals surface area contributed by atoms with Crippen molar-refractivity contribution in [2.45, 2.75) is 39.8 Å². The number of nitrogens with one attached hydrogen (secondary N) is 1. The van der Waals surface area contributed by atoms with E-state index in [1.165, 1.54) is 0 Å². The minimum Gasteiger partial charge on any atom is -0.398 e. The Bertz CT molecular complexity index is 496. The van der Waals surface area contributed by atoms with E-state index in [1.54, 1.807) is 0 Å². The monoisotopic (exact) mass is 299 g/mol. The summed E-state index contributed by atoms with van der Waals surface area (Å²) in [4.78, 5) is 14.2. The molecule has 0 unspecified atom stereocenters. The second-order valence-corrected chi connectivity index (χ2v) is 5.53. The van der Waals surface area contributed by atoms with E-state index in [-0.39, 0.29) is 11.3 Å². The molecule has 0 atom stereocenters. The average Bonchev–Trinajstić information content (AvgIpc) is 2.37. The zero-order chi connectivity index (χ0) is 16.2. The molecule has 0 aliphatic heterocycles. The van der Waals surface area contributed by atoms with Gasteiger partial charge in [0.1, 0.15) is 0 Å². The number of rotatable bonds is 6. The lowest BCUT2D eigenvalue weighted by Crippen LogP contribution is -2.42. The van der Waals surface area contributed by atoms with Crippen molar-refractivity contribution in [2.24, 2.45) is 0 Å². The van der Waals surface area contributed by atoms with Crippen molar-refractivity contribution in [2.75, 3.05) is 18.8 Å². The fourth-order valence-corrected chi connectivity index (χ4v) is 2.27. The van der Waals surface area contributed by atoms with Crippen molar-refractivity contribution in [3.8, 4) is 0 Å². The number of carbonyl (C=O) groups is 1. The van der Waals surface area contributed by atoms with Gasteiger partial charge in [0, 0.05) is 36.9 Å². The van der Waals surface area contributed by atoms with E-state index in [1.807, 2.05) is 0 Å². The molecule has 1 amide bonds. The Morgan fingerprint density at radius 3 is 2.24 bits per heavy atom. The minimum atomic E-state index is -1.08. The normalized spacial score (nSPS) is 11.5. The van der Waals surface area contributed by atoms with Gasteiger partial charge in [0.15, 0.2) is 11.6 Å². The summed E-state index contributed by atoms with van der Waals surface area (Å²) >= 11 is 0. The Hall–Kier alpha value is -1.69. The Balaban J connectivity index is 2.64. The van der Waals surface area contributed by atoms with E-state index < -0.39 is 17.5 Å². The molecule has 0 saturated carbocycles. The topological polar surface area (TPSA) is 58.4 Å². The van der Waals surface area contributed by atoms with Gasteiger partial charge >= 0.3 is 0 Å². The number of nitrogens with two attached hydrogens (primary N) is 1. The molecule has 3 N–H and O–H groups in total. The van der Waals surface area contributed by atoms with Crippen LogP contribution in [0, 0.1) is 11.6 Å².